The number of carbonyl (C=O) groups excluding carboxylic acids is 2. The van der Waals surface area contributed by atoms with Gasteiger partial charge < -0.3 is 10.1 Å². The Kier molecular flexibility index (Phi) is 5.09. The number of ether oxygens (including phenoxy) is 1. The molecule has 0 aliphatic rings. The number of benzene rings is 2. The third-order valence-electron chi connectivity index (χ3n) is 3.08. The number of anilines is 1. The van der Waals surface area contributed by atoms with Crippen LogP contribution in [0.3, 0.4) is 0 Å². The van der Waals surface area contributed by atoms with E-state index >= 15 is 0 Å². The summed E-state index contributed by atoms with van der Waals surface area (Å²) in [6.07, 6.45) is 1.57. The van der Waals surface area contributed by atoms with Crippen LogP contribution in [0.15, 0.2) is 60.2 Å². The second-order valence-electron chi connectivity index (χ2n) is 4.71. The maximum atomic E-state index is 12.3. The molecule has 0 saturated carbocycles. The van der Waals surface area contributed by atoms with E-state index < -0.39 is 5.91 Å². The smallest absolute Gasteiger partial charge is 0.259 e. The fourth-order valence-corrected chi connectivity index (χ4v) is 1.91. The number of ketones is 1. The molecule has 112 valence electrons. The molecule has 0 aliphatic carbocycles. The van der Waals surface area contributed by atoms with Crippen LogP contribution in [0.1, 0.15) is 12.5 Å². The van der Waals surface area contributed by atoms with Gasteiger partial charge >= 0.3 is 0 Å². The van der Waals surface area contributed by atoms with Gasteiger partial charge in [0.05, 0.1) is 12.7 Å². The minimum Gasteiger partial charge on any atom is -0.497 e. The zero-order valence-corrected chi connectivity index (χ0v) is 12.5. The Morgan fingerprint density at radius 2 is 1.64 bits per heavy atom. The molecule has 4 nitrogen and oxygen atoms in total. The summed E-state index contributed by atoms with van der Waals surface area (Å²) >= 11 is 0. The van der Waals surface area contributed by atoms with Crippen molar-refractivity contribution < 1.29 is 14.3 Å². The van der Waals surface area contributed by atoms with Gasteiger partial charge in [0.2, 0.25) is 0 Å². The summed E-state index contributed by atoms with van der Waals surface area (Å²) in [7, 11) is 1.58. The van der Waals surface area contributed by atoms with Crippen LogP contribution in [-0.2, 0) is 9.59 Å². The number of carbonyl (C=O) groups is 2. The van der Waals surface area contributed by atoms with Crippen molar-refractivity contribution in [1.29, 1.82) is 0 Å². The summed E-state index contributed by atoms with van der Waals surface area (Å²) in [5, 5.41) is 2.71. The molecule has 22 heavy (non-hydrogen) atoms. The maximum Gasteiger partial charge on any atom is 0.259 e. The number of rotatable bonds is 5. The third kappa shape index (κ3) is 4.06. The topological polar surface area (TPSA) is 55.4 Å². The first-order chi connectivity index (χ1) is 10.6. The highest BCUT2D eigenvalue weighted by atomic mass is 16.5. The van der Waals surface area contributed by atoms with Crippen LogP contribution in [0.2, 0.25) is 0 Å². The summed E-state index contributed by atoms with van der Waals surface area (Å²) in [5.74, 6) is 0.00836. The largest absolute Gasteiger partial charge is 0.497 e. The van der Waals surface area contributed by atoms with Crippen molar-refractivity contribution in [1.82, 2.24) is 0 Å². The lowest BCUT2D eigenvalue weighted by molar-refractivity contribution is -0.118. The van der Waals surface area contributed by atoms with Gasteiger partial charge in [0.15, 0.2) is 5.78 Å². The molecule has 2 aromatic carbocycles. The predicted molar refractivity (Wildman–Crippen MR) is 86.7 cm³/mol. The normalized spacial score (nSPS) is 10.9. The quantitative estimate of drug-likeness (QED) is 0.523. The molecule has 0 spiro atoms. The standard InChI is InChI=1S/C18H17NO3/c1-13(20)17(12-14-8-10-16(22-2)11-9-14)18(21)19-15-6-4-3-5-7-15/h3-12H,1-2H3,(H,19,21)/b17-12+. The Labute approximate surface area is 129 Å². The number of methoxy groups -OCH3 is 1. The summed E-state index contributed by atoms with van der Waals surface area (Å²) in [6, 6.07) is 16.2. The van der Waals surface area contributed by atoms with Crippen molar-refractivity contribution in [2.24, 2.45) is 0 Å². The molecule has 0 heterocycles. The van der Waals surface area contributed by atoms with Crippen LogP contribution in [0.25, 0.3) is 6.08 Å². The summed E-state index contributed by atoms with van der Waals surface area (Å²) in [5.41, 5.74) is 1.51. The van der Waals surface area contributed by atoms with Crippen LogP contribution >= 0.6 is 0 Å². The first-order valence-electron chi connectivity index (χ1n) is 6.83. The summed E-state index contributed by atoms with van der Waals surface area (Å²) in [4.78, 5) is 24.0. The molecule has 2 aromatic rings. The molecule has 2 rings (SSSR count). The fraction of sp³-hybridized carbons (Fsp3) is 0.111. The summed E-state index contributed by atoms with van der Waals surface area (Å²) in [6.45, 7) is 1.37. The van der Waals surface area contributed by atoms with E-state index in [9.17, 15) is 9.59 Å². The van der Waals surface area contributed by atoms with Gasteiger partial charge in [-0.05, 0) is 42.8 Å². The zero-order valence-electron chi connectivity index (χ0n) is 12.5. The number of hydrogen-bond acceptors (Lipinski definition) is 3. The van der Waals surface area contributed by atoms with Gasteiger partial charge in [0.25, 0.3) is 5.91 Å². The molecule has 1 N–H and O–H groups in total. The highest BCUT2D eigenvalue weighted by molar-refractivity contribution is 6.25. The molecule has 0 unspecified atom stereocenters. The molecule has 0 aliphatic heterocycles. The average molecular weight is 295 g/mol. The minimum absolute atomic E-state index is 0.106. The molecule has 1 amide bonds. The minimum atomic E-state index is -0.422. The molecule has 0 bridgehead atoms. The number of hydrogen-bond donors (Lipinski definition) is 1. The molecule has 0 fully saturated rings. The van der Waals surface area contributed by atoms with E-state index in [2.05, 4.69) is 5.32 Å². The van der Waals surface area contributed by atoms with Crippen molar-refractivity contribution in [2.75, 3.05) is 12.4 Å². The van der Waals surface area contributed by atoms with E-state index in [1.165, 1.54) is 6.92 Å². The third-order valence-corrected chi connectivity index (χ3v) is 3.08. The molecule has 4 heteroatoms. The monoisotopic (exact) mass is 295 g/mol. The molecule has 0 radical (unpaired) electrons. The van der Waals surface area contributed by atoms with Crippen LogP contribution in [0.4, 0.5) is 5.69 Å². The molecular formula is C18H17NO3. The zero-order chi connectivity index (χ0) is 15.9. The first-order valence-corrected chi connectivity index (χ1v) is 6.83. The van der Waals surface area contributed by atoms with Crippen LogP contribution in [0.5, 0.6) is 5.75 Å². The van der Waals surface area contributed by atoms with Crippen LogP contribution in [0, 0.1) is 0 Å². The Morgan fingerprint density at radius 1 is 1.00 bits per heavy atom. The van der Waals surface area contributed by atoms with Crippen LogP contribution < -0.4 is 10.1 Å². The van der Waals surface area contributed by atoms with E-state index in [0.717, 1.165) is 11.3 Å². The maximum absolute atomic E-state index is 12.3. The summed E-state index contributed by atoms with van der Waals surface area (Å²) < 4.78 is 5.08. The van der Waals surface area contributed by atoms with Gasteiger partial charge in [-0.25, -0.2) is 0 Å². The van der Waals surface area contributed by atoms with Gasteiger partial charge in [-0.3, -0.25) is 9.59 Å². The lowest BCUT2D eigenvalue weighted by Crippen LogP contribution is -2.18. The van der Waals surface area contributed by atoms with Crippen molar-refractivity contribution in [2.45, 2.75) is 6.92 Å². The van der Waals surface area contributed by atoms with E-state index in [-0.39, 0.29) is 11.4 Å². The Morgan fingerprint density at radius 3 is 2.18 bits per heavy atom. The number of Topliss-reactive ketones (excluding diaryl/α,β-unsaturated/α-hetero) is 1. The van der Waals surface area contributed by atoms with Gasteiger partial charge in [-0.15, -0.1) is 0 Å². The van der Waals surface area contributed by atoms with E-state index in [1.54, 1.807) is 49.6 Å². The Hall–Kier alpha value is -2.88. The van der Waals surface area contributed by atoms with Crippen molar-refractivity contribution in [3.8, 4) is 5.75 Å². The Balaban J connectivity index is 2.23. The number of nitrogens with one attached hydrogen (secondary N) is 1. The molecular weight excluding hydrogens is 278 g/mol. The van der Waals surface area contributed by atoms with E-state index in [0.29, 0.717) is 5.69 Å². The Bertz CT molecular complexity index is 688. The van der Waals surface area contributed by atoms with Gasteiger partial charge in [-0.2, -0.15) is 0 Å². The number of para-hydroxylation sites is 1. The van der Waals surface area contributed by atoms with E-state index in [1.807, 2.05) is 18.2 Å². The highest BCUT2D eigenvalue weighted by Crippen LogP contribution is 2.15. The highest BCUT2D eigenvalue weighted by Gasteiger charge is 2.14. The van der Waals surface area contributed by atoms with Gasteiger partial charge in [0.1, 0.15) is 5.75 Å². The van der Waals surface area contributed by atoms with Crippen molar-refractivity contribution >= 4 is 23.5 Å². The second kappa shape index (κ2) is 7.22. The van der Waals surface area contributed by atoms with Gasteiger partial charge in [0, 0.05) is 5.69 Å². The SMILES string of the molecule is COc1ccc(/C=C(\C(C)=O)C(=O)Nc2ccccc2)cc1. The first kappa shape index (κ1) is 15.5. The average Bonchev–Trinajstić information content (AvgIpc) is 2.53. The molecule has 0 atom stereocenters. The lowest BCUT2D eigenvalue weighted by atomic mass is 10.1. The predicted octanol–water partition coefficient (Wildman–Crippen LogP) is 3.31. The van der Waals surface area contributed by atoms with E-state index in [4.69, 9.17) is 4.74 Å². The van der Waals surface area contributed by atoms with Crippen molar-refractivity contribution in [3.05, 3.63) is 65.7 Å². The fourth-order valence-electron chi connectivity index (χ4n) is 1.91. The van der Waals surface area contributed by atoms with Crippen molar-refractivity contribution in [3.63, 3.8) is 0 Å². The molecule has 0 aromatic heterocycles. The molecule has 0 saturated heterocycles. The number of amides is 1. The van der Waals surface area contributed by atoms with Crippen LogP contribution in [-0.4, -0.2) is 18.8 Å². The van der Waals surface area contributed by atoms with Gasteiger partial charge in [-0.1, -0.05) is 30.3 Å². The lowest BCUT2D eigenvalue weighted by Gasteiger charge is -2.07. The second-order valence-corrected chi connectivity index (χ2v) is 4.71.